The first kappa shape index (κ1) is 17.7. The van der Waals surface area contributed by atoms with E-state index in [0.29, 0.717) is 29.0 Å². The van der Waals surface area contributed by atoms with E-state index in [1.807, 2.05) is 48.5 Å². The Morgan fingerprint density at radius 1 is 1.04 bits per heavy atom. The molecule has 0 spiro atoms. The van der Waals surface area contributed by atoms with Gasteiger partial charge in [-0.3, -0.25) is 14.3 Å². The molecule has 0 atom stereocenters. The van der Waals surface area contributed by atoms with Crippen LogP contribution in [0.4, 0.5) is 0 Å². The van der Waals surface area contributed by atoms with Crippen LogP contribution in [0, 0.1) is 0 Å². The maximum absolute atomic E-state index is 13.2. The molecule has 2 aromatic carbocycles. The monoisotopic (exact) mass is 365 g/mol. The molecule has 1 saturated heterocycles. The molecule has 6 nitrogen and oxygen atoms in total. The van der Waals surface area contributed by atoms with Crippen molar-refractivity contribution < 1.29 is 9.47 Å². The second-order valence-corrected chi connectivity index (χ2v) is 6.56. The van der Waals surface area contributed by atoms with Crippen molar-refractivity contribution in [3.8, 4) is 17.1 Å². The molecule has 0 saturated carbocycles. The van der Waals surface area contributed by atoms with Crippen LogP contribution in [0.5, 0.6) is 5.75 Å². The molecule has 2 heterocycles. The standard InChI is InChI=1S/C21H23N3O3/c1-26-19-9-5-3-7-17(19)20-22-18-8-4-2-6-16(18)21(25)24(20)11-10-23-12-14-27-15-13-23/h2-9H,10-15H2,1H3. The number of methoxy groups -OCH3 is 1. The molecule has 1 aromatic heterocycles. The summed E-state index contributed by atoms with van der Waals surface area (Å²) in [4.78, 5) is 20.4. The average molecular weight is 365 g/mol. The number of nitrogens with zero attached hydrogens (tertiary/aromatic N) is 3. The normalized spacial score (nSPS) is 15.1. The zero-order valence-corrected chi connectivity index (χ0v) is 15.4. The van der Waals surface area contributed by atoms with Crippen molar-refractivity contribution >= 4 is 10.9 Å². The third-order valence-corrected chi connectivity index (χ3v) is 4.95. The number of hydrogen-bond donors (Lipinski definition) is 0. The van der Waals surface area contributed by atoms with Crippen LogP contribution in [0.15, 0.2) is 53.3 Å². The second kappa shape index (κ2) is 7.90. The van der Waals surface area contributed by atoms with Gasteiger partial charge in [-0.1, -0.05) is 24.3 Å². The molecular weight excluding hydrogens is 342 g/mol. The molecule has 0 radical (unpaired) electrons. The summed E-state index contributed by atoms with van der Waals surface area (Å²) >= 11 is 0. The summed E-state index contributed by atoms with van der Waals surface area (Å²) in [5, 5.41) is 0.637. The Morgan fingerprint density at radius 2 is 1.78 bits per heavy atom. The molecule has 0 amide bonds. The second-order valence-electron chi connectivity index (χ2n) is 6.56. The number of rotatable bonds is 5. The summed E-state index contributed by atoms with van der Waals surface area (Å²) in [6.07, 6.45) is 0. The zero-order chi connectivity index (χ0) is 18.6. The summed E-state index contributed by atoms with van der Waals surface area (Å²) in [5.74, 6) is 1.35. The lowest BCUT2D eigenvalue weighted by Gasteiger charge is -2.27. The van der Waals surface area contributed by atoms with Crippen LogP contribution in [0.2, 0.25) is 0 Å². The number of para-hydroxylation sites is 2. The third kappa shape index (κ3) is 3.59. The van der Waals surface area contributed by atoms with Gasteiger partial charge in [0.25, 0.3) is 5.56 Å². The largest absolute Gasteiger partial charge is 0.496 e. The lowest BCUT2D eigenvalue weighted by atomic mass is 10.1. The van der Waals surface area contributed by atoms with Gasteiger partial charge in [0.05, 0.1) is 36.8 Å². The van der Waals surface area contributed by atoms with Gasteiger partial charge < -0.3 is 9.47 Å². The first-order valence-electron chi connectivity index (χ1n) is 9.21. The molecule has 27 heavy (non-hydrogen) atoms. The quantitative estimate of drug-likeness (QED) is 0.695. The molecule has 1 fully saturated rings. The van der Waals surface area contributed by atoms with Gasteiger partial charge in [0.2, 0.25) is 0 Å². The lowest BCUT2D eigenvalue weighted by Crippen LogP contribution is -2.39. The maximum atomic E-state index is 13.2. The molecule has 1 aliphatic heterocycles. The maximum Gasteiger partial charge on any atom is 0.261 e. The van der Waals surface area contributed by atoms with E-state index in [2.05, 4.69) is 4.90 Å². The van der Waals surface area contributed by atoms with E-state index in [4.69, 9.17) is 14.5 Å². The van der Waals surface area contributed by atoms with Crippen molar-refractivity contribution in [2.75, 3.05) is 40.0 Å². The number of morpholine rings is 1. The van der Waals surface area contributed by atoms with Crippen LogP contribution >= 0.6 is 0 Å². The SMILES string of the molecule is COc1ccccc1-c1nc2ccccc2c(=O)n1CCN1CCOCC1. The molecule has 0 bridgehead atoms. The predicted molar refractivity (Wildman–Crippen MR) is 105 cm³/mol. The average Bonchev–Trinajstić information content (AvgIpc) is 2.73. The minimum Gasteiger partial charge on any atom is -0.496 e. The minimum atomic E-state index is -0.0187. The fraction of sp³-hybridized carbons (Fsp3) is 0.333. The van der Waals surface area contributed by atoms with Gasteiger partial charge in [-0.25, -0.2) is 4.98 Å². The predicted octanol–water partition coefficient (Wildman–Crippen LogP) is 2.40. The summed E-state index contributed by atoms with van der Waals surface area (Å²) in [6, 6.07) is 15.2. The van der Waals surface area contributed by atoms with E-state index >= 15 is 0 Å². The summed E-state index contributed by atoms with van der Waals surface area (Å²) in [5.41, 5.74) is 1.51. The van der Waals surface area contributed by atoms with E-state index in [0.717, 1.165) is 38.4 Å². The van der Waals surface area contributed by atoms with E-state index < -0.39 is 0 Å². The first-order chi connectivity index (χ1) is 13.3. The van der Waals surface area contributed by atoms with Crippen molar-refractivity contribution in [1.82, 2.24) is 14.5 Å². The Balaban J connectivity index is 1.81. The van der Waals surface area contributed by atoms with Crippen LogP contribution in [0.3, 0.4) is 0 Å². The van der Waals surface area contributed by atoms with Gasteiger partial charge in [-0.15, -0.1) is 0 Å². The van der Waals surface area contributed by atoms with Crippen molar-refractivity contribution in [2.45, 2.75) is 6.54 Å². The fourth-order valence-corrected chi connectivity index (χ4v) is 3.48. The molecule has 3 aromatic rings. The van der Waals surface area contributed by atoms with E-state index in [9.17, 15) is 4.79 Å². The highest BCUT2D eigenvalue weighted by Gasteiger charge is 2.17. The molecule has 1 aliphatic rings. The van der Waals surface area contributed by atoms with Crippen LogP contribution < -0.4 is 10.3 Å². The third-order valence-electron chi connectivity index (χ3n) is 4.95. The van der Waals surface area contributed by atoms with Crippen LogP contribution in [-0.2, 0) is 11.3 Å². The van der Waals surface area contributed by atoms with E-state index in [-0.39, 0.29) is 5.56 Å². The Labute approximate surface area is 158 Å². The topological polar surface area (TPSA) is 56.6 Å². The molecule has 0 unspecified atom stereocenters. The minimum absolute atomic E-state index is 0.0187. The van der Waals surface area contributed by atoms with Gasteiger partial charge in [0.15, 0.2) is 0 Å². The number of fused-ring (bicyclic) bond motifs is 1. The zero-order valence-electron chi connectivity index (χ0n) is 15.4. The number of benzene rings is 2. The highest BCUT2D eigenvalue weighted by Crippen LogP contribution is 2.28. The Hall–Kier alpha value is -2.70. The lowest BCUT2D eigenvalue weighted by molar-refractivity contribution is 0.0363. The van der Waals surface area contributed by atoms with Crippen LogP contribution in [0.1, 0.15) is 0 Å². The van der Waals surface area contributed by atoms with Crippen molar-refractivity contribution in [1.29, 1.82) is 0 Å². The fourth-order valence-electron chi connectivity index (χ4n) is 3.48. The molecule has 4 rings (SSSR count). The van der Waals surface area contributed by atoms with Gasteiger partial charge in [0, 0.05) is 26.2 Å². The van der Waals surface area contributed by atoms with E-state index in [1.165, 1.54) is 0 Å². The van der Waals surface area contributed by atoms with E-state index in [1.54, 1.807) is 11.7 Å². The van der Waals surface area contributed by atoms with Gasteiger partial charge in [0.1, 0.15) is 11.6 Å². The van der Waals surface area contributed by atoms with Crippen molar-refractivity contribution in [2.24, 2.45) is 0 Å². The highest BCUT2D eigenvalue weighted by atomic mass is 16.5. The Morgan fingerprint density at radius 3 is 2.59 bits per heavy atom. The van der Waals surface area contributed by atoms with Gasteiger partial charge >= 0.3 is 0 Å². The van der Waals surface area contributed by atoms with Gasteiger partial charge in [-0.05, 0) is 24.3 Å². The van der Waals surface area contributed by atoms with Crippen LogP contribution in [-0.4, -0.2) is 54.4 Å². The summed E-state index contributed by atoms with van der Waals surface area (Å²) < 4.78 is 12.7. The molecular formula is C21H23N3O3. The summed E-state index contributed by atoms with van der Waals surface area (Å²) in [6.45, 7) is 4.61. The van der Waals surface area contributed by atoms with Crippen molar-refractivity contribution in [3.63, 3.8) is 0 Å². The summed E-state index contributed by atoms with van der Waals surface area (Å²) in [7, 11) is 1.63. The highest BCUT2D eigenvalue weighted by molar-refractivity contribution is 5.80. The van der Waals surface area contributed by atoms with Crippen LogP contribution in [0.25, 0.3) is 22.3 Å². The Bertz CT molecular complexity index is 993. The number of aromatic nitrogens is 2. The number of hydrogen-bond acceptors (Lipinski definition) is 5. The number of ether oxygens (including phenoxy) is 2. The Kier molecular flexibility index (Phi) is 5.18. The molecule has 140 valence electrons. The molecule has 0 aliphatic carbocycles. The smallest absolute Gasteiger partial charge is 0.261 e. The first-order valence-corrected chi connectivity index (χ1v) is 9.21. The molecule has 0 N–H and O–H groups in total. The molecule has 6 heteroatoms. The van der Waals surface area contributed by atoms with Crippen molar-refractivity contribution in [3.05, 3.63) is 58.9 Å². The van der Waals surface area contributed by atoms with Gasteiger partial charge in [-0.2, -0.15) is 0 Å².